The Kier molecular flexibility index (Phi) is 4.03. The molecule has 1 atom stereocenters. The molecule has 80 valence electrons. The van der Waals surface area contributed by atoms with Crippen molar-refractivity contribution in [2.75, 3.05) is 0 Å². The average molecular weight is 206 g/mol. The molecule has 0 N–H and O–H groups in total. The molecular formula is C12H14O3. The van der Waals surface area contributed by atoms with Gasteiger partial charge >= 0.3 is 5.97 Å². The van der Waals surface area contributed by atoms with Gasteiger partial charge in [0.2, 0.25) is 0 Å². The van der Waals surface area contributed by atoms with Crippen LogP contribution in [0.25, 0.3) is 0 Å². The van der Waals surface area contributed by atoms with Gasteiger partial charge in [0.25, 0.3) is 0 Å². The lowest BCUT2D eigenvalue weighted by Gasteiger charge is -2.13. The van der Waals surface area contributed by atoms with Gasteiger partial charge in [-0.25, -0.2) is 0 Å². The molecule has 3 heteroatoms. The summed E-state index contributed by atoms with van der Waals surface area (Å²) in [5, 5.41) is 0. The minimum atomic E-state index is -0.662. The van der Waals surface area contributed by atoms with E-state index >= 15 is 0 Å². The molecule has 0 spiro atoms. The summed E-state index contributed by atoms with van der Waals surface area (Å²) in [7, 11) is 0. The van der Waals surface area contributed by atoms with Crippen molar-refractivity contribution in [2.45, 2.75) is 26.4 Å². The number of ketones is 1. The quantitative estimate of drug-likeness (QED) is 0.705. The Morgan fingerprint density at radius 2 is 1.80 bits per heavy atom. The average Bonchev–Trinajstić information content (AvgIpc) is 2.17. The Hall–Kier alpha value is -1.64. The standard InChI is InChI=1S/C12H14O3/c1-9(13)12(15-10(2)14)8-11-6-4-3-5-7-11/h3-7,12H,8H2,1-2H3/t12-/m1/s1. The van der Waals surface area contributed by atoms with Gasteiger partial charge in [0.05, 0.1) is 0 Å². The highest BCUT2D eigenvalue weighted by Crippen LogP contribution is 2.07. The second-order valence-corrected chi connectivity index (χ2v) is 3.40. The molecule has 1 rings (SSSR count). The molecule has 0 aromatic heterocycles. The van der Waals surface area contributed by atoms with E-state index in [1.54, 1.807) is 0 Å². The van der Waals surface area contributed by atoms with Crippen LogP contribution in [0, 0.1) is 0 Å². The summed E-state index contributed by atoms with van der Waals surface area (Å²) in [5.41, 5.74) is 0.985. The number of ether oxygens (including phenoxy) is 1. The Morgan fingerprint density at radius 1 is 1.20 bits per heavy atom. The second-order valence-electron chi connectivity index (χ2n) is 3.40. The Morgan fingerprint density at radius 3 is 2.27 bits per heavy atom. The van der Waals surface area contributed by atoms with E-state index in [1.165, 1.54) is 13.8 Å². The molecule has 0 bridgehead atoms. The first kappa shape index (κ1) is 11.4. The van der Waals surface area contributed by atoms with Gasteiger partial charge in [-0.2, -0.15) is 0 Å². The largest absolute Gasteiger partial charge is 0.454 e. The highest BCUT2D eigenvalue weighted by Gasteiger charge is 2.17. The van der Waals surface area contributed by atoms with E-state index in [1.807, 2.05) is 30.3 Å². The third-order valence-corrected chi connectivity index (χ3v) is 2.03. The van der Waals surface area contributed by atoms with Crippen LogP contribution in [0.4, 0.5) is 0 Å². The molecule has 0 saturated heterocycles. The molecule has 15 heavy (non-hydrogen) atoms. The smallest absolute Gasteiger partial charge is 0.303 e. The molecule has 0 heterocycles. The fourth-order valence-electron chi connectivity index (χ4n) is 1.30. The van der Waals surface area contributed by atoms with Crippen LogP contribution in [-0.4, -0.2) is 17.9 Å². The van der Waals surface area contributed by atoms with E-state index in [2.05, 4.69) is 0 Å². The summed E-state index contributed by atoms with van der Waals surface area (Å²) in [6.07, 6.45) is -0.222. The first-order valence-corrected chi connectivity index (χ1v) is 4.81. The van der Waals surface area contributed by atoms with Crippen LogP contribution in [0.3, 0.4) is 0 Å². The zero-order valence-corrected chi connectivity index (χ0v) is 8.90. The molecule has 0 unspecified atom stereocenters. The molecule has 0 radical (unpaired) electrons. The predicted octanol–water partition coefficient (Wildman–Crippen LogP) is 1.75. The fraction of sp³-hybridized carbons (Fsp3) is 0.333. The number of carbonyl (C=O) groups excluding carboxylic acids is 2. The summed E-state index contributed by atoms with van der Waals surface area (Å²) in [6, 6.07) is 9.48. The summed E-state index contributed by atoms with van der Waals surface area (Å²) < 4.78 is 4.93. The third kappa shape index (κ3) is 3.94. The van der Waals surface area contributed by atoms with Crippen molar-refractivity contribution in [3.8, 4) is 0 Å². The van der Waals surface area contributed by atoms with Gasteiger partial charge in [-0.15, -0.1) is 0 Å². The van der Waals surface area contributed by atoms with Crippen LogP contribution in [-0.2, 0) is 20.7 Å². The SMILES string of the molecule is CC(=O)O[C@H](Cc1ccccc1)C(C)=O. The maximum absolute atomic E-state index is 11.2. The first-order valence-electron chi connectivity index (χ1n) is 4.81. The van der Waals surface area contributed by atoms with Crippen molar-refractivity contribution in [1.29, 1.82) is 0 Å². The number of hydrogen-bond acceptors (Lipinski definition) is 3. The lowest BCUT2D eigenvalue weighted by Crippen LogP contribution is -2.26. The van der Waals surface area contributed by atoms with Gasteiger partial charge in [-0.1, -0.05) is 30.3 Å². The third-order valence-electron chi connectivity index (χ3n) is 2.03. The molecule has 0 saturated carbocycles. The van der Waals surface area contributed by atoms with Gasteiger partial charge in [-0.05, 0) is 12.5 Å². The highest BCUT2D eigenvalue weighted by atomic mass is 16.5. The minimum Gasteiger partial charge on any atom is -0.454 e. The summed E-state index contributed by atoms with van der Waals surface area (Å²) in [5.74, 6) is -0.555. The number of rotatable bonds is 4. The highest BCUT2D eigenvalue weighted by molar-refractivity contribution is 5.83. The monoisotopic (exact) mass is 206 g/mol. The maximum Gasteiger partial charge on any atom is 0.303 e. The molecular weight excluding hydrogens is 192 g/mol. The molecule has 0 fully saturated rings. The van der Waals surface area contributed by atoms with Crippen molar-refractivity contribution in [1.82, 2.24) is 0 Å². The zero-order chi connectivity index (χ0) is 11.3. The van der Waals surface area contributed by atoms with Crippen LogP contribution in [0.1, 0.15) is 19.4 Å². The van der Waals surface area contributed by atoms with Crippen molar-refractivity contribution >= 4 is 11.8 Å². The van der Waals surface area contributed by atoms with Crippen molar-refractivity contribution in [2.24, 2.45) is 0 Å². The van der Waals surface area contributed by atoms with Crippen molar-refractivity contribution in [3.63, 3.8) is 0 Å². The Bertz CT molecular complexity index is 343. The maximum atomic E-state index is 11.2. The second kappa shape index (κ2) is 5.29. The van der Waals surface area contributed by atoms with Crippen LogP contribution in [0.15, 0.2) is 30.3 Å². The van der Waals surface area contributed by atoms with Crippen LogP contribution < -0.4 is 0 Å². The van der Waals surface area contributed by atoms with E-state index < -0.39 is 12.1 Å². The minimum absolute atomic E-state index is 0.131. The topological polar surface area (TPSA) is 43.4 Å². The van der Waals surface area contributed by atoms with Crippen LogP contribution in [0.5, 0.6) is 0 Å². The Labute approximate surface area is 89.1 Å². The number of esters is 1. The molecule has 1 aromatic carbocycles. The normalized spacial score (nSPS) is 11.9. The van der Waals surface area contributed by atoms with Gasteiger partial charge in [0.1, 0.15) is 0 Å². The summed E-state index contributed by atoms with van der Waals surface area (Å²) in [6.45, 7) is 2.73. The van der Waals surface area contributed by atoms with Gasteiger partial charge < -0.3 is 4.74 Å². The van der Waals surface area contributed by atoms with Crippen LogP contribution in [0.2, 0.25) is 0 Å². The molecule has 0 aliphatic heterocycles. The van der Waals surface area contributed by atoms with E-state index in [9.17, 15) is 9.59 Å². The van der Waals surface area contributed by atoms with Crippen LogP contribution >= 0.6 is 0 Å². The lowest BCUT2D eigenvalue weighted by molar-refractivity contribution is -0.152. The number of benzene rings is 1. The van der Waals surface area contributed by atoms with E-state index in [4.69, 9.17) is 4.74 Å². The molecule has 3 nitrogen and oxygen atoms in total. The fourth-order valence-corrected chi connectivity index (χ4v) is 1.30. The van der Waals surface area contributed by atoms with Gasteiger partial charge in [-0.3, -0.25) is 9.59 Å². The predicted molar refractivity (Wildman–Crippen MR) is 56.4 cm³/mol. The van der Waals surface area contributed by atoms with Gasteiger partial charge in [0, 0.05) is 13.3 Å². The first-order chi connectivity index (χ1) is 7.09. The van der Waals surface area contributed by atoms with Gasteiger partial charge in [0.15, 0.2) is 11.9 Å². The Balaban J connectivity index is 2.67. The number of carbonyl (C=O) groups is 2. The lowest BCUT2D eigenvalue weighted by atomic mass is 10.1. The molecule has 0 aliphatic carbocycles. The van der Waals surface area contributed by atoms with E-state index in [-0.39, 0.29) is 5.78 Å². The van der Waals surface area contributed by atoms with Crippen molar-refractivity contribution in [3.05, 3.63) is 35.9 Å². The zero-order valence-electron chi connectivity index (χ0n) is 8.90. The molecule has 1 aromatic rings. The summed E-state index contributed by atoms with van der Waals surface area (Å²) in [4.78, 5) is 22.0. The molecule has 0 amide bonds. The number of hydrogen-bond donors (Lipinski definition) is 0. The number of Topliss-reactive ketones (excluding diaryl/α,β-unsaturated/α-hetero) is 1. The van der Waals surface area contributed by atoms with E-state index in [0.717, 1.165) is 5.56 Å². The summed E-state index contributed by atoms with van der Waals surface area (Å²) >= 11 is 0. The molecule has 0 aliphatic rings. The van der Waals surface area contributed by atoms with Crippen molar-refractivity contribution < 1.29 is 14.3 Å². The van der Waals surface area contributed by atoms with E-state index in [0.29, 0.717) is 6.42 Å².